The summed E-state index contributed by atoms with van der Waals surface area (Å²) >= 11 is 0. The summed E-state index contributed by atoms with van der Waals surface area (Å²) in [6.45, 7) is 4.28. The van der Waals surface area contributed by atoms with Gasteiger partial charge in [0.05, 0.1) is 0 Å². The fraction of sp³-hybridized carbons (Fsp3) is 0.700. The van der Waals surface area contributed by atoms with Crippen molar-refractivity contribution in [2.24, 2.45) is 5.16 Å². The van der Waals surface area contributed by atoms with Gasteiger partial charge in [-0.2, -0.15) is 0 Å². The third kappa shape index (κ3) is 4.39. The predicted molar refractivity (Wildman–Crippen MR) is 60.7 cm³/mol. The summed E-state index contributed by atoms with van der Waals surface area (Å²) in [4.78, 5) is 26.8. The smallest absolute Gasteiger partial charge is 0.353 e. The van der Waals surface area contributed by atoms with Crippen LogP contribution in [0.15, 0.2) is 5.16 Å². The van der Waals surface area contributed by atoms with Crippen molar-refractivity contribution >= 4 is 17.6 Å². The number of carbonyl (C=O) groups is 2. The Morgan fingerprint density at radius 3 is 2.88 bits per heavy atom. The van der Waals surface area contributed by atoms with Crippen molar-refractivity contribution in [3.05, 3.63) is 0 Å². The molecule has 0 spiro atoms. The van der Waals surface area contributed by atoms with Gasteiger partial charge in [-0.05, 0) is 19.5 Å². The zero-order chi connectivity index (χ0) is 12.7. The maximum Gasteiger partial charge on any atom is 0.353 e. The molecule has 96 valence electrons. The highest BCUT2D eigenvalue weighted by molar-refractivity contribution is 6.36. The summed E-state index contributed by atoms with van der Waals surface area (Å²) in [6.07, 6.45) is 0.0353. The van der Waals surface area contributed by atoms with Gasteiger partial charge in [0.15, 0.2) is 5.71 Å². The summed E-state index contributed by atoms with van der Waals surface area (Å²) in [6, 6.07) is 0. The molecule has 1 amide bonds. The Morgan fingerprint density at radius 1 is 1.53 bits per heavy atom. The average molecular weight is 243 g/mol. The molecule has 0 aliphatic carbocycles. The molecule has 0 radical (unpaired) electrons. The van der Waals surface area contributed by atoms with Crippen LogP contribution in [-0.2, 0) is 14.4 Å². The normalized spacial score (nSPS) is 18.4. The lowest BCUT2D eigenvalue weighted by Gasteiger charge is -2.09. The van der Waals surface area contributed by atoms with Crippen LogP contribution >= 0.6 is 0 Å². The lowest BCUT2D eigenvalue weighted by molar-refractivity contribution is -0.131. The largest absolute Gasteiger partial charge is 0.477 e. The van der Waals surface area contributed by atoms with E-state index in [1.54, 1.807) is 0 Å². The Kier molecular flexibility index (Phi) is 5.41. The second kappa shape index (κ2) is 6.85. The van der Waals surface area contributed by atoms with Crippen molar-refractivity contribution in [3.63, 3.8) is 0 Å². The number of aliphatic carboxylic acids is 1. The summed E-state index contributed by atoms with van der Waals surface area (Å²) < 4.78 is 0. The van der Waals surface area contributed by atoms with E-state index in [1.165, 1.54) is 0 Å². The molecule has 0 saturated heterocycles. The number of oxime groups is 1. The molecule has 7 nitrogen and oxygen atoms in total. The predicted octanol–water partition coefficient (Wildman–Crippen LogP) is -0.668. The highest BCUT2D eigenvalue weighted by atomic mass is 16.6. The molecule has 3 N–H and O–H groups in total. The van der Waals surface area contributed by atoms with E-state index in [0.717, 1.165) is 19.5 Å². The second-order valence-electron chi connectivity index (χ2n) is 3.64. The highest BCUT2D eigenvalue weighted by Crippen LogP contribution is 2.10. The first kappa shape index (κ1) is 13.4. The molecule has 0 aromatic heterocycles. The number of rotatable bonds is 7. The summed E-state index contributed by atoms with van der Waals surface area (Å²) in [5.41, 5.74) is -0.113. The fourth-order valence-corrected chi connectivity index (χ4v) is 1.36. The lowest BCUT2D eigenvalue weighted by Crippen LogP contribution is -2.36. The number of hydrogen-bond donors (Lipinski definition) is 3. The Hall–Kier alpha value is -1.63. The van der Waals surface area contributed by atoms with Gasteiger partial charge in [0.25, 0.3) is 5.91 Å². The molecule has 7 heteroatoms. The van der Waals surface area contributed by atoms with E-state index >= 15 is 0 Å². The van der Waals surface area contributed by atoms with Crippen LogP contribution in [-0.4, -0.2) is 48.4 Å². The van der Waals surface area contributed by atoms with E-state index in [1.807, 2.05) is 6.92 Å². The summed E-state index contributed by atoms with van der Waals surface area (Å²) in [5, 5.41) is 17.8. The molecule has 1 aliphatic heterocycles. The monoisotopic (exact) mass is 243 g/mol. The van der Waals surface area contributed by atoms with E-state index in [9.17, 15) is 9.59 Å². The van der Waals surface area contributed by atoms with Crippen LogP contribution in [0.1, 0.15) is 19.8 Å². The molecule has 1 atom stereocenters. The van der Waals surface area contributed by atoms with Gasteiger partial charge < -0.3 is 20.6 Å². The van der Waals surface area contributed by atoms with E-state index in [4.69, 9.17) is 9.94 Å². The van der Waals surface area contributed by atoms with Gasteiger partial charge >= 0.3 is 5.97 Å². The maximum absolute atomic E-state index is 11.5. The Labute approximate surface area is 99.2 Å². The van der Waals surface area contributed by atoms with Gasteiger partial charge in [0.2, 0.25) is 6.10 Å². The Balaban J connectivity index is 2.16. The van der Waals surface area contributed by atoms with Crippen LogP contribution in [0.3, 0.4) is 0 Å². The molecule has 0 aromatic carbocycles. The van der Waals surface area contributed by atoms with E-state index < -0.39 is 12.1 Å². The van der Waals surface area contributed by atoms with Crippen molar-refractivity contribution in [2.75, 3.05) is 19.6 Å². The SMILES string of the molecule is CCNCCCNC(=O)C1CC(C(=O)O)=NO1. The minimum absolute atomic E-state index is 0.0222. The third-order valence-corrected chi connectivity index (χ3v) is 2.29. The van der Waals surface area contributed by atoms with Crippen LogP contribution in [0.25, 0.3) is 0 Å². The summed E-state index contributed by atoms with van der Waals surface area (Å²) in [5.74, 6) is -1.46. The third-order valence-electron chi connectivity index (χ3n) is 2.29. The summed E-state index contributed by atoms with van der Waals surface area (Å²) in [7, 11) is 0. The molecule has 1 aliphatic rings. The number of carbonyl (C=O) groups excluding carboxylic acids is 1. The van der Waals surface area contributed by atoms with Gasteiger partial charge in [-0.15, -0.1) is 0 Å². The molecule has 1 unspecified atom stereocenters. The van der Waals surface area contributed by atoms with Gasteiger partial charge in [0, 0.05) is 13.0 Å². The molecule has 1 rings (SSSR count). The highest BCUT2D eigenvalue weighted by Gasteiger charge is 2.31. The van der Waals surface area contributed by atoms with Gasteiger partial charge in [-0.1, -0.05) is 12.1 Å². The molecule has 0 bridgehead atoms. The average Bonchev–Trinajstić information content (AvgIpc) is 2.78. The number of hydrogen-bond acceptors (Lipinski definition) is 5. The minimum atomic E-state index is -1.15. The second-order valence-corrected chi connectivity index (χ2v) is 3.64. The Morgan fingerprint density at radius 2 is 2.29 bits per heavy atom. The number of nitrogens with zero attached hydrogens (tertiary/aromatic N) is 1. The maximum atomic E-state index is 11.5. The van der Waals surface area contributed by atoms with Crippen LogP contribution in [0, 0.1) is 0 Å². The number of carboxylic acid groups (broad SMARTS) is 1. The number of amides is 1. The van der Waals surface area contributed by atoms with Crippen molar-refractivity contribution in [3.8, 4) is 0 Å². The van der Waals surface area contributed by atoms with Crippen molar-refractivity contribution in [1.29, 1.82) is 0 Å². The van der Waals surface area contributed by atoms with Crippen LogP contribution in [0.4, 0.5) is 0 Å². The zero-order valence-electron chi connectivity index (χ0n) is 9.73. The van der Waals surface area contributed by atoms with Gasteiger partial charge in [-0.25, -0.2) is 4.79 Å². The zero-order valence-corrected chi connectivity index (χ0v) is 9.73. The van der Waals surface area contributed by atoms with Crippen molar-refractivity contribution < 1.29 is 19.5 Å². The molecule has 0 saturated carbocycles. The number of carboxylic acids is 1. The van der Waals surface area contributed by atoms with Crippen molar-refractivity contribution in [1.82, 2.24) is 10.6 Å². The van der Waals surface area contributed by atoms with Crippen LogP contribution in [0.2, 0.25) is 0 Å². The first-order valence-electron chi connectivity index (χ1n) is 5.59. The molecule has 0 aromatic rings. The lowest BCUT2D eigenvalue weighted by atomic mass is 10.1. The van der Waals surface area contributed by atoms with Gasteiger partial charge in [-0.3, -0.25) is 4.79 Å². The van der Waals surface area contributed by atoms with E-state index in [-0.39, 0.29) is 18.0 Å². The molecule has 1 heterocycles. The minimum Gasteiger partial charge on any atom is -0.477 e. The first-order chi connectivity index (χ1) is 8.15. The topological polar surface area (TPSA) is 100 Å². The van der Waals surface area contributed by atoms with Gasteiger partial charge in [0.1, 0.15) is 0 Å². The molecule has 0 fully saturated rings. The number of nitrogens with one attached hydrogen (secondary N) is 2. The van der Waals surface area contributed by atoms with E-state index in [2.05, 4.69) is 15.8 Å². The quantitative estimate of drug-likeness (QED) is 0.515. The van der Waals surface area contributed by atoms with Crippen LogP contribution in [0.5, 0.6) is 0 Å². The Bertz CT molecular complexity index is 317. The van der Waals surface area contributed by atoms with Crippen LogP contribution < -0.4 is 10.6 Å². The standard InChI is InChI=1S/C10H17N3O4/c1-2-11-4-3-5-12-9(14)8-6-7(10(15)16)13-17-8/h8,11H,2-6H2,1H3,(H,12,14)(H,15,16). The molecular formula is C10H17N3O4. The first-order valence-corrected chi connectivity index (χ1v) is 5.59. The molecule has 17 heavy (non-hydrogen) atoms. The van der Waals surface area contributed by atoms with E-state index in [0.29, 0.717) is 6.54 Å². The molecular weight excluding hydrogens is 226 g/mol. The van der Waals surface area contributed by atoms with Crippen molar-refractivity contribution in [2.45, 2.75) is 25.9 Å². The fourth-order valence-electron chi connectivity index (χ4n) is 1.36.